The molecule has 0 atom stereocenters. The second kappa shape index (κ2) is 8.85. The summed E-state index contributed by atoms with van der Waals surface area (Å²) >= 11 is 7.47. The minimum Gasteiger partial charge on any atom is -0.493 e. The number of rotatable bonds is 6. The summed E-state index contributed by atoms with van der Waals surface area (Å²) in [5, 5.41) is 4.99. The molecule has 0 saturated carbocycles. The first-order chi connectivity index (χ1) is 16.5. The van der Waals surface area contributed by atoms with Gasteiger partial charge >= 0.3 is 0 Å². The number of ether oxygens (including phenoxy) is 3. The molecule has 0 fully saturated rings. The summed E-state index contributed by atoms with van der Waals surface area (Å²) in [5.41, 5.74) is 1.12. The van der Waals surface area contributed by atoms with E-state index in [-0.39, 0.29) is 5.56 Å². The van der Waals surface area contributed by atoms with Crippen molar-refractivity contribution in [1.29, 1.82) is 0 Å². The standard InChI is InChI=1S/C24H18ClN3O5S/c1-30-18-10-13(11-19(31-2)21(18)32-3)22-26-24-28(27-22)23(29)20(34-24)12-14-8-9-17(33-14)15-6-4-5-7-16(15)25/h4-12H,1-3H3/b20-12-. The fraction of sp³-hybridized carbons (Fsp3) is 0.125. The molecule has 0 aliphatic carbocycles. The Kier molecular flexibility index (Phi) is 5.72. The number of hydrogen-bond donors (Lipinski definition) is 0. The highest BCUT2D eigenvalue weighted by Crippen LogP contribution is 2.40. The Labute approximate surface area is 202 Å². The minimum atomic E-state index is -0.290. The van der Waals surface area contributed by atoms with Crippen LogP contribution in [0.1, 0.15) is 5.76 Å². The van der Waals surface area contributed by atoms with E-state index >= 15 is 0 Å². The van der Waals surface area contributed by atoms with Gasteiger partial charge in [-0.1, -0.05) is 35.1 Å². The van der Waals surface area contributed by atoms with Crippen LogP contribution in [0.15, 0.2) is 57.7 Å². The van der Waals surface area contributed by atoms with E-state index in [1.165, 1.54) is 37.2 Å². The van der Waals surface area contributed by atoms with Crippen molar-refractivity contribution in [2.24, 2.45) is 0 Å². The molecule has 0 N–H and O–H groups in total. The minimum absolute atomic E-state index is 0.290. The second-order valence-corrected chi connectivity index (χ2v) is 8.56. The molecule has 3 aromatic heterocycles. The van der Waals surface area contributed by atoms with Gasteiger partial charge < -0.3 is 18.6 Å². The Bertz CT molecular complexity index is 1600. The van der Waals surface area contributed by atoms with Crippen LogP contribution in [0, 0.1) is 0 Å². The summed E-state index contributed by atoms with van der Waals surface area (Å²) in [6.07, 6.45) is 1.67. The SMILES string of the molecule is COc1cc(-c2nc3s/c(=C\c4ccc(-c5ccccc5Cl)o4)c(=O)n3n2)cc(OC)c1OC. The summed E-state index contributed by atoms with van der Waals surface area (Å²) in [6.45, 7) is 0. The van der Waals surface area contributed by atoms with Crippen LogP contribution in [-0.2, 0) is 0 Å². The molecule has 8 nitrogen and oxygen atoms in total. The third-order valence-electron chi connectivity index (χ3n) is 5.14. The Morgan fingerprint density at radius 3 is 2.41 bits per heavy atom. The first-order valence-electron chi connectivity index (χ1n) is 10.1. The Hall–Kier alpha value is -3.82. The quantitative estimate of drug-likeness (QED) is 0.347. The Morgan fingerprint density at radius 2 is 1.76 bits per heavy atom. The molecule has 0 amide bonds. The van der Waals surface area contributed by atoms with E-state index in [4.69, 9.17) is 30.2 Å². The van der Waals surface area contributed by atoms with Gasteiger partial charge in [0.05, 0.1) is 26.4 Å². The highest BCUT2D eigenvalue weighted by molar-refractivity contribution is 7.15. The number of nitrogens with zero attached hydrogens (tertiary/aromatic N) is 3. The molecule has 34 heavy (non-hydrogen) atoms. The van der Waals surface area contributed by atoms with Gasteiger partial charge in [-0.05, 0) is 36.4 Å². The number of benzene rings is 2. The lowest BCUT2D eigenvalue weighted by Crippen LogP contribution is -2.23. The molecule has 0 unspecified atom stereocenters. The molecule has 0 aliphatic heterocycles. The van der Waals surface area contributed by atoms with Gasteiger partial charge in [0.25, 0.3) is 5.56 Å². The predicted octanol–water partition coefficient (Wildman–Crippen LogP) is 4.30. The van der Waals surface area contributed by atoms with Crippen LogP contribution < -0.4 is 24.3 Å². The van der Waals surface area contributed by atoms with Crippen molar-refractivity contribution in [3.63, 3.8) is 0 Å². The fourth-order valence-electron chi connectivity index (χ4n) is 3.53. The lowest BCUT2D eigenvalue weighted by atomic mass is 10.1. The third-order valence-corrected chi connectivity index (χ3v) is 6.43. The number of furan rings is 1. The maximum atomic E-state index is 13.0. The van der Waals surface area contributed by atoms with E-state index < -0.39 is 0 Å². The van der Waals surface area contributed by atoms with Gasteiger partial charge in [-0.15, -0.1) is 5.10 Å². The van der Waals surface area contributed by atoms with Crippen LogP contribution in [0.5, 0.6) is 17.2 Å². The van der Waals surface area contributed by atoms with E-state index in [1.807, 2.05) is 24.3 Å². The lowest BCUT2D eigenvalue weighted by Gasteiger charge is -2.12. The first-order valence-corrected chi connectivity index (χ1v) is 11.3. The number of methoxy groups -OCH3 is 3. The number of aromatic nitrogens is 3. The lowest BCUT2D eigenvalue weighted by molar-refractivity contribution is 0.324. The van der Waals surface area contributed by atoms with Crippen LogP contribution in [0.25, 0.3) is 33.7 Å². The van der Waals surface area contributed by atoms with Crippen molar-refractivity contribution in [3.05, 3.63) is 74.2 Å². The van der Waals surface area contributed by atoms with Crippen LogP contribution in [0.4, 0.5) is 0 Å². The molecule has 10 heteroatoms. The number of halogens is 1. The summed E-state index contributed by atoms with van der Waals surface area (Å²) in [6, 6.07) is 14.5. The van der Waals surface area contributed by atoms with Gasteiger partial charge in [-0.3, -0.25) is 4.79 Å². The molecule has 2 aromatic carbocycles. The van der Waals surface area contributed by atoms with Gasteiger partial charge in [0.1, 0.15) is 16.1 Å². The summed E-state index contributed by atoms with van der Waals surface area (Å²) in [5.74, 6) is 2.92. The molecule has 172 valence electrons. The molecule has 0 saturated heterocycles. The van der Waals surface area contributed by atoms with Crippen molar-refractivity contribution in [1.82, 2.24) is 14.6 Å². The van der Waals surface area contributed by atoms with Crippen molar-refractivity contribution >= 4 is 34.0 Å². The normalized spacial score (nSPS) is 11.8. The molecular weight excluding hydrogens is 478 g/mol. The van der Waals surface area contributed by atoms with Crippen LogP contribution in [0.2, 0.25) is 5.02 Å². The molecule has 0 bridgehead atoms. The highest BCUT2D eigenvalue weighted by atomic mass is 35.5. The second-order valence-electron chi connectivity index (χ2n) is 7.14. The Morgan fingerprint density at radius 1 is 1.03 bits per heavy atom. The van der Waals surface area contributed by atoms with Gasteiger partial charge in [0, 0.05) is 17.2 Å². The number of thiazole rings is 1. The molecular formula is C24H18ClN3O5S. The van der Waals surface area contributed by atoms with E-state index in [0.29, 0.717) is 54.7 Å². The van der Waals surface area contributed by atoms with E-state index in [0.717, 1.165) is 5.56 Å². The van der Waals surface area contributed by atoms with Gasteiger partial charge in [0.2, 0.25) is 10.7 Å². The van der Waals surface area contributed by atoms with Gasteiger partial charge in [-0.2, -0.15) is 9.50 Å². The van der Waals surface area contributed by atoms with Crippen molar-refractivity contribution in [3.8, 4) is 40.0 Å². The molecule has 3 heterocycles. The van der Waals surface area contributed by atoms with Gasteiger partial charge in [-0.25, -0.2) is 0 Å². The average molecular weight is 496 g/mol. The maximum absolute atomic E-state index is 13.0. The zero-order valence-corrected chi connectivity index (χ0v) is 19.9. The van der Waals surface area contributed by atoms with Crippen LogP contribution >= 0.6 is 22.9 Å². The largest absolute Gasteiger partial charge is 0.493 e. The average Bonchev–Trinajstić information content (AvgIpc) is 3.56. The number of hydrogen-bond acceptors (Lipinski definition) is 8. The third kappa shape index (κ3) is 3.78. The maximum Gasteiger partial charge on any atom is 0.291 e. The smallest absolute Gasteiger partial charge is 0.291 e. The van der Waals surface area contributed by atoms with Crippen LogP contribution in [-0.4, -0.2) is 35.9 Å². The molecule has 5 aromatic rings. The van der Waals surface area contributed by atoms with Crippen LogP contribution in [0.3, 0.4) is 0 Å². The summed E-state index contributed by atoms with van der Waals surface area (Å²) in [4.78, 5) is 17.9. The number of fused-ring (bicyclic) bond motifs is 1. The van der Waals surface area contributed by atoms with Gasteiger partial charge in [0.15, 0.2) is 17.3 Å². The highest BCUT2D eigenvalue weighted by Gasteiger charge is 2.18. The Balaban J connectivity index is 1.53. The zero-order valence-electron chi connectivity index (χ0n) is 18.4. The van der Waals surface area contributed by atoms with Crippen molar-refractivity contribution in [2.45, 2.75) is 0 Å². The van der Waals surface area contributed by atoms with E-state index in [2.05, 4.69) is 10.1 Å². The summed E-state index contributed by atoms with van der Waals surface area (Å²) in [7, 11) is 4.59. The zero-order chi connectivity index (χ0) is 23.8. The molecule has 0 radical (unpaired) electrons. The van der Waals surface area contributed by atoms with E-state index in [1.54, 1.807) is 30.3 Å². The van der Waals surface area contributed by atoms with Crippen molar-refractivity contribution < 1.29 is 18.6 Å². The monoisotopic (exact) mass is 495 g/mol. The van der Waals surface area contributed by atoms with Crippen molar-refractivity contribution in [2.75, 3.05) is 21.3 Å². The molecule has 0 aliphatic rings. The van der Waals surface area contributed by atoms with E-state index in [9.17, 15) is 4.79 Å². The fourth-order valence-corrected chi connectivity index (χ4v) is 4.65. The first kappa shape index (κ1) is 22.0. The summed E-state index contributed by atoms with van der Waals surface area (Å²) < 4.78 is 23.8. The molecule has 0 spiro atoms. The molecule has 5 rings (SSSR count). The predicted molar refractivity (Wildman–Crippen MR) is 130 cm³/mol. The topological polar surface area (TPSA) is 88.1 Å².